The summed E-state index contributed by atoms with van der Waals surface area (Å²) in [6.45, 7) is 1.68. The molecule has 0 saturated heterocycles. The number of hydrogen-bond donors (Lipinski definition) is 1. The van der Waals surface area contributed by atoms with E-state index in [1.54, 1.807) is 25.1 Å². The van der Waals surface area contributed by atoms with E-state index >= 15 is 0 Å². The highest BCUT2D eigenvalue weighted by molar-refractivity contribution is 5.98. The van der Waals surface area contributed by atoms with Crippen molar-refractivity contribution in [3.8, 4) is 17.2 Å². The van der Waals surface area contributed by atoms with Crippen LogP contribution in [-0.2, 0) is 4.74 Å². The second-order valence-corrected chi connectivity index (χ2v) is 4.91. The summed E-state index contributed by atoms with van der Waals surface area (Å²) >= 11 is 0. The summed E-state index contributed by atoms with van der Waals surface area (Å²) in [7, 11) is 0. The molecule has 0 aliphatic carbocycles. The van der Waals surface area contributed by atoms with Gasteiger partial charge in [0.15, 0.2) is 5.56 Å². The fourth-order valence-electron chi connectivity index (χ4n) is 2.24. The third-order valence-electron chi connectivity index (χ3n) is 3.31. The van der Waals surface area contributed by atoms with Gasteiger partial charge < -0.3 is 19.0 Å². The molecule has 0 atom stereocenters. The maximum atomic E-state index is 12.0. The summed E-state index contributed by atoms with van der Waals surface area (Å²) in [5.41, 5.74) is -1.37. The molecule has 0 amide bonds. The van der Waals surface area contributed by atoms with E-state index in [1.165, 1.54) is 12.1 Å². The molecule has 1 aromatic heterocycles. The third-order valence-corrected chi connectivity index (χ3v) is 3.31. The van der Waals surface area contributed by atoms with Gasteiger partial charge in [0.1, 0.15) is 22.8 Å². The van der Waals surface area contributed by atoms with E-state index < -0.39 is 22.9 Å². The molecule has 24 heavy (non-hydrogen) atoms. The van der Waals surface area contributed by atoms with Crippen LogP contribution in [0.3, 0.4) is 0 Å². The monoisotopic (exact) mass is 326 g/mol. The van der Waals surface area contributed by atoms with E-state index in [1.807, 2.05) is 18.2 Å². The van der Waals surface area contributed by atoms with Gasteiger partial charge in [0.25, 0.3) is 0 Å². The summed E-state index contributed by atoms with van der Waals surface area (Å²) in [5, 5.41) is 10.4. The van der Waals surface area contributed by atoms with E-state index in [2.05, 4.69) is 0 Å². The quantitative estimate of drug-likeness (QED) is 0.583. The van der Waals surface area contributed by atoms with E-state index in [0.29, 0.717) is 11.5 Å². The summed E-state index contributed by atoms with van der Waals surface area (Å²) in [6.07, 6.45) is 0. The van der Waals surface area contributed by atoms with E-state index in [0.717, 1.165) is 0 Å². The van der Waals surface area contributed by atoms with Gasteiger partial charge in [-0.25, -0.2) is 9.59 Å². The lowest BCUT2D eigenvalue weighted by Gasteiger charge is -2.08. The van der Waals surface area contributed by atoms with E-state index in [4.69, 9.17) is 13.9 Å². The summed E-state index contributed by atoms with van der Waals surface area (Å²) < 4.78 is 15.5. The van der Waals surface area contributed by atoms with Crippen LogP contribution in [0.1, 0.15) is 17.3 Å². The van der Waals surface area contributed by atoms with Gasteiger partial charge in [0.2, 0.25) is 0 Å². The Hall–Kier alpha value is -3.28. The molecule has 0 aliphatic rings. The van der Waals surface area contributed by atoms with Crippen LogP contribution in [0.5, 0.6) is 17.2 Å². The summed E-state index contributed by atoms with van der Waals surface area (Å²) in [6, 6.07) is 13.7. The molecular weight excluding hydrogens is 312 g/mol. The van der Waals surface area contributed by atoms with Crippen LogP contribution in [0, 0.1) is 0 Å². The Morgan fingerprint density at radius 2 is 1.88 bits per heavy atom. The molecule has 2 aromatic carbocycles. The number of fused-ring (bicyclic) bond motifs is 1. The molecule has 1 heterocycles. The summed E-state index contributed by atoms with van der Waals surface area (Å²) in [4.78, 5) is 23.7. The van der Waals surface area contributed by atoms with Crippen molar-refractivity contribution in [3.05, 3.63) is 64.5 Å². The van der Waals surface area contributed by atoms with Gasteiger partial charge in [0, 0.05) is 6.07 Å². The minimum atomic E-state index is -0.963. The molecule has 0 bridgehead atoms. The van der Waals surface area contributed by atoms with Crippen LogP contribution in [-0.4, -0.2) is 17.7 Å². The number of carbonyl (C=O) groups excluding carboxylic acids is 1. The number of carbonyl (C=O) groups is 1. The normalized spacial score (nSPS) is 10.5. The average Bonchev–Trinajstić information content (AvgIpc) is 2.56. The number of esters is 1. The van der Waals surface area contributed by atoms with Crippen LogP contribution in [0.25, 0.3) is 11.0 Å². The van der Waals surface area contributed by atoms with Crippen molar-refractivity contribution in [1.29, 1.82) is 0 Å². The Bertz CT molecular complexity index is 943. The SMILES string of the molecule is CCOC(=O)c1c(O)c2ccc(Oc3ccccc3)cc2oc1=O. The number of aromatic hydroxyl groups is 1. The Kier molecular flexibility index (Phi) is 4.20. The maximum absolute atomic E-state index is 12.0. The second-order valence-electron chi connectivity index (χ2n) is 4.91. The number of hydrogen-bond acceptors (Lipinski definition) is 6. The van der Waals surface area contributed by atoms with Crippen LogP contribution in [0.2, 0.25) is 0 Å². The topological polar surface area (TPSA) is 86.0 Å². The minimum absolute atomic E-state index is 0.0829. The number of rotatable bonds is 4. The lowest BCUT2D eigenvalue weighted by atomic mass is 10.1. The number of ether oxygens (including phenoxy) is 2. The fourth-order valence-corrected chi connectivity index (χ4v) is 2.24. The van der Waals surface area contributed by atoms with Gasteiger partial charge in [0.05, 0.1) is 12.0 Å². The first kappa shape index (κ1) is 15.6. The molecule has 6 heteroatoms. The first-order valence-electron chi connectivity index (χ1n) is 7.30. The molecule has 0 unspecified atom stereocenters. The maximum Gasteiger partial charge on any atom is 0.354 e. The van der Waals surface area contributed by atoms with Gasteiger partial charge in [-0.2, -0.15) is 0 Å². The molecule has 122 valence electrons. The van der Waals surface area contributed by atoms with Gasteiger partial charge >= 0.3 is 11.6 Å². The highest BCUT2D eigenvalue weighted by atomic mass is 16.5. The molecular formula is C18H14O6. The molecule has 0 fully saturated rings. The minimum Gasteiger partial charge on any atom is -0.506 e. The zero-order valence-electron chi connectivity index (χ0n) is 12.8. The van der Waals surface area contributed by atoms with Crippen molar-refractivity contribution in [2.75, 3.05) is 6.61 Å². The molecule has 0 radical (unpaired) electrons. The van der Waals surface area contributed by atoms with Crippen molar-refractivity contribution >= 4 is 16.9 Å². The molecule has 6 nitrogen and oxygen atoms in total. The van der Waals surface area contributed by atoms with Crippen molar-refractivity contribution in [2.24, 2.45) is 0 Å². The zero-order chi connectivity index (χ0) is 17.1. The predicted octanol–water partition coefficient (Wildman–Crippen LogP) is 3.47. The Balaban J connectivity index is 2.04. The average molecular weight is 326 g/mol. The van der Waals surface area contributed by atoms with Crippen molar-refractivity contribution < 1.29 is 23.8 Å². The molecule has 1 N–H and O–H groups in total. The molecule has 3 rings (SSSR count). The van der Waals surface area contributed by atoms with Crippen LogP contribution < -0.4 is 10.4 Å². The molecule has 0 aliphatic heterocycles. The number of benzene rings is 2. The van der Waals surface area contributed by atoms with Crippen LogP contribution in [0.4, 0.5) is 0 Å². The third kappa shape index (κ3) is 2.94. The molecule has 3 aromatic rings. The molecule has 0 saturated carbocycles. The van der Waals surface area contributed by atoms with Crippen molar-refractivity contribution in [2.45, 2.75) is 6.92 Å². The van der Waals surface area contributed by atoms with Gasteiger partial charge in [-0.3, -0.25) is 0 Å². The van der Waals surface area contributed by atoms with Gasteiger partial charge in [-0.05, 0) is 31.2 Å². The largest absolute Gasteiger partial charge is 0.506 e. The smallest absolute Gasteiger partial charge is 0.354 e. The van der Waals surface area contributed by atoms with Gasteiger partial charge in [-0.15, -0.1) is 0 Å². The Morgan fingerprint density at radius 1 is 1.12 bits per heavy atom. The van der Waals surface area contributed by atoms with E-state index in [9.17, 15) is 14.7 Å². The van der Waals surface area contributed by atoms with E-state index in [-0.39, 0.29) is 17.6 Å². The van der Waals surface area contributed by atoms with Crippen molar-refractivity contribution in [1.82, 2.24) is 0 Å². The van der Waals surface area contributed by atoms with Crippen LogP contribution in [0.15, 0.2) is 57.7 Å². The standard InChI is InChI=1S/C18H14O6/c1-2-22-17(20)15-16(19)13-9-8-12(10-14(13)24-18(15)21)23-11-6-4-3-5-7-11/h3-10,19H,2H2,1H3. The number of para-hydroxylation sites is 1. The Morgan fingerprint density at radius 3 is 2.58 bits per heavy atom. The lowest BCUT2D eigenvalue weighted by Crippen LogP contribution is -2.16. The fraction of sp³-hybridized carbons (Fsp3) is 0.111. The second kappa shape index (κ2) is 6.45. The zero-order valence-corrected chi connectivity index (χ0v) is 12.8. The lowest BCUT2D eigenvalue weighted by molar-refractivity contribution is 0.0518. The van der Waals surface area contributed by atoms with Crippen molar-refractivity contribution in [3.63, 3.8) is 0 Å². The summed E-state index contributed by atoms with van der Waals surface area (Å²) in [5.74, 6) is -0.340. The van der Waals surface area contributed by atoms with Crippen LogP contribution >= 0.6 is 0 Å². The predicted molar refractivity (Wildman–Crippen MR) is 86.6 cm³/mol. The highest BCUT2D eigenvalue weighted by Gasteiger charge is 2.22. The highest BCUT2D eigenvalue weighted by Crippen LogP contribution is 2.31. The van der Waals surface area contributed by atoms with Gasteiger partial charge in [-0.1, -0.05) is 18.2 Å². The first-order valence-corrected chi connectivity index (χ1v) is 7.30. The first-order chi connectivity index (χ1) is 11.6. The Labute approximate surface area is 136 Å². The molecule has 0 spiro atoms.